The van der Waals surface area contributed by atoms with Crippen LogP contribution in [0.3, 0.4) is 0 Å². The molecule has 2 aromatic carbocycles. The average molecular weight is 463 g/mol. The molecule has 1 aliphatic rings. The Balaban J connectivity index is 1.97. The van der Waals surface area contributed by atoms with E-state index in [2.05, 4.69) is 19.2 Å². The van der Waals surface area contributed by atoms with E-state index < -0.39 is 33.4 Å². The van der Waals surface area contributed by atoms with E-state index in [0.717, 1.165) is 34.7 Å². The Labute approximate surface area is 189 Å². The van der Waals surface area contributed by atoms with Crippen LogP contribution in [-0.2, 0) is 14.8 Å². The number of amides is 1. The van der Waals surface area contributed by atoms with E-state index in [1.807, 2.05) is 24.3 Å². The Morgan fingerprint density at radius 1 is 1.16 bits per heavy atom. The number of nitrogens with zero attached hydrogens (tertiary/aromatic N) is 1. The molecule has 0 spiro atoms. The number of anilines is 1. The molecule has 1 aliphatic heterocycles. The van der Waals surface area contributed by atoms with Crippen LogP contribution in [0.5, 0.6) is 5.75 Å². The third-order valence-electron chi connectivity index (χ3n) is 6.22. The number of rotatable bonds is 8. The second-order valence-corrected chi connectivity index (χ2v) is 10.1. The maximum atomic E-state index is 14.5. The van der Waals surface area contributed by atoms with Crippen LogP contribution in [0.4, 0.5) is 10.1 Å². The highest BCUT2D eigenvalue weighted by Crippen LogP contribution is 2.42. The maximum Gasteiger partial charge on any atom is 0.244 e. The zero-order chi connectivity index (χ0) is 23.5. The number of fused-ring (bicyclic) bond motifs is 1. The number of ether oxygens (including phenoxy) is 1. The van der Waals surface area contributed by atoms with Crippen molar-refractivity contribution in [1.29, 1.82) is 0 Å². The highest BCUT2D eigenvalue weighted by Gasteiger charge is 2.41. The van der Waals surface area contributed by atoms with Gasteiger partial charge in [0.25, 0.3) is 0 Å². The zero-order valence-electron chi connectivity index (χ0n) is 19.0. The fourth-order valence-corrected chi connectivity index (χ4v) is 5.58. The van der Waals surface area contributed by atoms with E-state index in [0.29, 0.717) is 6.42 Å². The van der Waals surface area contributed by atoms with Gasteiger partial charge in [0.05, 0.1) is 18.0 Å². The largest absolute Gasteiger partial charge is 0.487 e. The van der Waals surface area contributed by atoms with Crippen LogP contribution in [0.2, 0.25) is 0 Å². The molecule has 0 unspecified atom stereocenters. The Morgan fingerprint density at radius 3 is 2.38 bits per heavy atom. The number of hydrogen-bond acceptors (Lipinski definition) is 4. The summed E-state index contributed by atoms with van der Waals surface area (Å²) in [6.07, 6.45) is 3.28. The van der Waals surface area contributed by atoms with Gasteiger partial charge in [0, 0.05) is 12.0 Å². The van der Waals surface area contributed by atoms with E-state index in [1.165, 1.54) is 18.2 Å². The van der Waals surface area contributed by atoms with Crippen LogP contribution in [0, 0.1) is 5.82 Å². The Bertz CT molecular complexity index is 1070. The van der Waals surface area contributed by atoms with Crippen molar-refractivity contribution in [3.63, 3.8) is 0 Å². The molecule has 0 saturated heterocycles. The maximum absolute atomic E-state index is 14.5. The highest BCUT2D eigenvalue weighted by atomic mass is 32.2. The van der Waals surface area contributed by atoms with Gasteiger partial charge in [0.1, 0.15) is 23.2 Å². The third-order valence-corrected chi connectivity index (χ3v) is 7.39. The topological polar surface area (TPSA) is 75.7 Å². The molecule has 1 amide bonds. The molecule has 3 rings (SSSR count). The first-order valence-corrected chi connectivity index (χ1v) is 12.8. The number of sulfonamides is 1. The molecule has 6 nitrogen and oxygen atoms in total. The smallest absolute Gasteiger partial charge is 0.244 e. The number of benzene rings is 2. The predicted molar refractivity (Wildman–Crippen MR) is 124 cm³/mol. The molecule has 1 heterocycles. The van der Waals surface area contributed by atoms with Crippen LogP contribution in [0.15, 0.2) is 48.5 Å². The number of nitrogens with one attached hydrogen (secondary N) is 1. The van der Waals surface area contributed by atoms with E-state index in [-0.39, 0.29) is 18.2 Å². The number of halogens is 1. The van der Waals surface area contributed by atoms with E-state index in [1.54, 1.807) is 13.0 Å². The normalized spacial score (nSPS) is 18.2. The highest BCUT2D eigenvalue weighted by molar-refractivity contribution is 7.92. The van der Waals surface area contributed by atoms with Crippen molar-refractivity contribution in [1.82, 2.24) is 5.32 Å². The van der Waals surface area contributed by atoms with Crippen molar-refractivity contribution in [3.05, 3.63) is 59.9 Å². The lowest BCUT2D eigenvalue weighted by Crippen LogP contribution is -2.52. The molecule has 2 atom stereocenters. The SMILES string of the molecule is CC[C@H](C(=O)N[C@@H]1CC(CC)(CC)Oc2ccccc21)N(c1ccccc1F)S(C)(=O)=O. The Hall–Kier alpha value is -2.61. The van der Waals surface area contributed by atoms with Crippen molar-refractivity contribution in [2.24, 2.45) is 0 Å². The molecule has 0 saturated carbocycles. The first kappa shape index (κ1) is 24.0. The van der Waals surface area contributed by atoms with Gasteiger partial charge in [-0.15, -0.1) is 0 Å². The van der Waals surface area contributed by atoms with Gasteiger partial charge in [-0.05, 0) is 37.5 Å². The van der Waals surface area contributed by atoms with Crippen molar-refractivity contribution < 1.29 is 22.3 Å². The second kappa shape index (κ2) is 9.48. The van der Waals surface area contributed by atoms with Gasteiger partial charge < -0.3 is 10.1 Å². The van der Waals surface area contributed by atoms with Crippen molar-refractivity contribution in [3.8, 4) is 5.75 Å². The standard InChI is InChI=1S/C24H31FN2O4S/c1-5-20(27(32(4,29)30)21-14-10-9-13-18(21)25)23(28)26-19-16-24(6-2,7-3)31-22-15-11-8-12-17(19)22/h8-15,19-20H,5-7,16H2,1-4H3,(H,26,28)/t19-,20-/m1/s1. The molecule has 8 heteroatoms. The molecule has 0 bridgehead atoms. The predicted octanol–water partition coefficient (Wildman–Crippen LogP) is 4.57. The van der Waals surface area contributed by atoms with Crippen LogP contribution in [-0.4, -0.2) is 32.2 Å². The number of hydrogen-bond donors (Lipinski definition) is 1. The summed E-state index contributed by atoms with van der Waals surface area (Å²) >= 11 is 0. The molecule has 0 aliphatic carbocycles. The first-order chi connectivity index (χ1) is 15.2. The Kier molecular flexibility index (Phi) is 7.12. The van der Waals surface area contributed by atoms with Gasteiger partial charge in [0.2, 0.25) is 15.9 Å². The first-order valence-electron chi connectivity index (χ1n) is 11.0. The van der Waals surface area contributed by atoms with Gasteiger partial charge in [-0.2, -0.15) is 0 Å². The molecule has 2 aromatic rings. The average Bonchev–Trinajstić information content (AvgIpc) is 2.77. The Morgan fingerprint density at radius 2 is 1.78 bits per heavy atom. The minimum absolute atomic E-state index is 0.138. The number of carbonyl (C=O) groups excluding carboxylic acids is 1. The second-order valence-electron chi connectivity index (χ2n) is 8.23. The number of carbonyl (C=O) groups is 1. The van der Waals surface area contributed by atoms with Crippen molar-refractivity contribution in [2.75, 3.05) is 10.6 Å². The lowest BCUT2D eigenvalue weighted by Gasteiger charge is -2.42. The van der Waals surface area contributed by atoms with Crippen molar-refractivity contribution in [2.45, 2.75) is 64.1 Å². The fraction of sp³-hybridized carbons (Fsp3) is 0.458. The molecule has 0 radical (unpaired) electrons. The van der Waals surface area contributed by atoms with Gasteiger partial charge in [-0.1, -0.05) is 51.1 Å². The van der Waals surface area contributed by atoms with E-state index >= 15 is 0 Å². The van der Waals surface area contributed by atoms with Gasteiger partial charge in [-0.25, -0.2) is 12.8 Å². The minimum Gasteiger partial charge on any atom is -0.487 e. The zero-order valence-corrected chi connectivity index (χ0v) is 19.8. The molecule has 0 fully saturated rings. The van der Waals surface area contributed by atoms with Crippen LogP contribution in [0.1, 0.15) is 58.1 Å². The van der Waals surface area contributed by atoms with Gasteiger partial charge in [-0.3, -0.25) is 9.10 Å². The molecule has 1 N–H and O–H groups in total. The monoisotopic (exact) mass is 462 g/mol. The lowest BCUT2D eigenvalue weighted by molar-refractivity contribution is -0.123. The summed E-state index contributed by atoms with van der Waals surface area (Å²) in [6.45, 7) is 5.81. The van der Waals surface area contributed by atoms with E-state index in [4.69, 9.17) is 4.74 Å². The summed E-state index contributed by atoms with van der Waals surface area (Å²) in [7, 11) is -3.92. The lowest BCUT2D eigenvalue weighted by atomic mass is 9.83. The summed E-state index contributed by atoms with van der Waals surface area (Å²) in [5.41, 5.74) is 0.293. The molecule has 174 valence electrons. The summed E-state index contributed by atoms with van der Waals surface area (Å²) in [5.74, 6) is -0.449. The fourth-order valence-electron chi connectivity index (χ4n) is 4.36. The quantitative estimate of drug-likeness (QED) is 0.624. The molecular weight excluding hydrogens is 431 g/mol. The van der Waals surface area contributed by atoms with Crippen LogP contribution < -0.4 is 14.4 Å². The molecular formula is C24H31FN2O4S. The van der Waals surface area contributed by atoms with Gasteiger partial charge in [0.15, 0.2) is 0 Å². The molecule has 32 heavy (non-hydrogen) atoms. The van der Waals surface area contributed by atoms with Crippen LogP contribution >= 0.6 is 0 Å². The molecule has 0 aromatic heterocycles. The summed E-state index contributed by atoms with van der Waals surface area (Å²) in [4.78, 5) is 13.4. The summed E-state index contributed by atoms with van der Waals surface area (Å²) < 4.78 is 47.0. The summed E-state index contributed by atoms with van der Waals surface area (Å²) in [6, 6.07) is 11.7. The minimum atomic E-state index is -3.92. The number of para-hydroxylation sites is 2. The van der Waals surface area contributed by atoms with Crippen LogP contribution in [0.25, 0.3) is 0 Å². The summed E-state index contributed by atoms with van der Waals surface area (Å²) in [5, 5.41) is 3.04. The van der Waals surface area contributed by atoms with E-state index in [9.17, 15) is 17.6 Å². The van der Waals surface area contributed by atoms with Crippen molar-refractivity contribution >= 4 is 21.6 Å². The van der Waals surface area contributed by atoms with Gasteiger partial charge >= 0.3 is 0 Å². The third kappa shape index (κ3) is 4.75.